The van der Waals surface area contributed by atoms with E-state index in [-0.39, 0.29) is 0 Å². The summed E-state index contributed by atoms with van der Waals surface area (Å²) < 4.78 is 2.00. The van der Waals surface area contributed by atoms with Gasteiger partial charge in [0.15, 0.2) is 6.29 Å². The van der Waals surface area contributed by atoms with Gasteiger partial charge >= 0.3 is 0 Å². The maximum atomic E-state index is 11.0. The van der Waals surface area contributed by atoms with Crippen LogP contribution in [-0.2, 0) is 12.8 Å². The zero-order chi connectivity index (χ0) is 11.7. The molecule has 1 aromatic carbocycles. The van der Waals surface area contributed by atoms with Gasteiger partial charge in [0.2, 0.25) is 0 Å². The molecule has 2 aromatic rings. The predicted molar refractivity (Wildman–Crippen MR) is 67.8 cm³/mol. The van der Waals surface area contributed by atoms with Crippen LogP contribution in [0.2, 0.25) is 0 Å². The second-order valence-corrected chi connectivity index (χ2v) is 4.54. The zero-order valence-corrected chi connectivity index (χ0v) is 9.73. The quantitative estimate of drug-likeness (QED) is 0.719. The second kappa shape index (κ2) is 4.21. The first kappa shape index (κ1) is 10.3. The van der Waals surface area contributed by atoms with Gasteiger partial charge in [0.25, 0.3) is 0 Å². The third-order valence-corrected chi connectivity index (χ3v) is 3.53. The van der Waals surface area contributed by atoms with Crippen LogP contribution >= 0.6 is 0 Å². The lowest BCUT2D eigenvalue weighted by Gasteiger charge is -2.20. The first-order valence-corrected chi connectivity index (χ1v) is 6.14. The van der Waals surface area contributed by atoms with E-state index in [1.54, 1.807) is 0 Å². The molecule has 2 nitrogen and oxygen atoms in total. The molecule has 0 N–H and O–H groups in total. The van der Waals surface area contributed by atoms with E-state index in [1.807, 2.05) is 22.9 Å². The molecule has 0 bridgehead atoms. The van der Waals surface area contributed by atoms with Crippen LogP contribution in [-0.4, -0.2) is 10.9 Å². The van der Waals surface area contributed by atoms with Gasteiger partial charge in [0.05, 0.1) is 5.69 Å². The number of fused-ring (bicyclic) bond motifs is 1. The fourth-order valence-corrected chi connectivity index (χ4v) is 2.70. The summed E-state index contributed by atoms with van der Waals surface area (Å²) in [7, 11) is 0. The summed E-state index contributed by atoms with van der Waals surface area (Å²) in [6.45, 7) is 0. The highest BCUT2D eigenvalue weighted by molar-refractivity contribution is 5.74. The molecular formula is C15H15NO. The van der Waals surface area contributed by atoms with Crippen molar-refractivity contribution in [1.82, 2.24) is 4.57 Å². The lowest BCUT2D eigenvalue weighted by atomic mass is 9.90. The summed E-state index contributed by atoms with van der Waals surface area (Å²) >= 11 is 0. The van der Waals surface area contributed by atoms with Gasteiger partial charge in [-0.2, -0.15) is 0 Å². The number of benzene rings is 1. The molecule has 0 radical (unpaired) electrons. The summed E-state index contributed by atoms with van der Waals surface area (Å²) in [4.78, 5) is 11.0. The Balaban J connectivity index is 2.18. The van der Waals surface area contributed by atoms with Crippen molar-refractivity contribution in [3.05, 3.63) is 53.3 Å². The number of aryl methyl sites for hydroxylation is 1. The number of hydrogen-bond donors (Lipinski definition) is 0. The van der Waals surface area contributed by atoms with E-state index in [4.69, 9.17) is 0 Å². The minimum Gasteiger partial charge on any atom is -0.314 e. The molecule has 1 aliphatic carbocycles. The first-order valence-electron chi connectivity index (χ1n) is 6.14. The zero-order valence-electron chi connectivity index (χ0n) is 9.73. The minimum atomic E-state index is 0.726. The van der Waals surface area contributed by atoms with Crippen LogP contribution in [0.5, 0.6) is 0 Å². The van der Waals surface area contributed by atoms with Crippen LogP contribution in [0, 0.1) is 0 Å². The van der Waals surface area contributed by atoms with E-state index in [9.17, 15) is 4.79 Å². The Labute approximate surface area is 101 Å². The Kier molecular flexibility index (Phi) is 2.56. The van der Waals surface area contributed by atoms with E-state index < -0.39 is 0 Å². The van der Waals surface area contributed by atoms with Crippen LogP contribution in [0.3, 0.4) is 0 Å². The van der Waals surface area contributed by atoms with E-state index in [2.05, 4.69) is 18.2 Å². The molecule has 0 spiro atoms. The molecule has 0 amide bonds. The lowest BCUT2D eigenvalue weighted by Crippen LogP contribution is -2.09. The van der Waals surface area contributed by atoms with Crippen molar-refractivity contribution in [2.45, 2.75) is 25.7 Å². The predicted octanol–water partition coefficient (Wildman–Crippen LogP) is 3.17. The molecule has 86 valence electrons. The minimum absolute atomic E-state index is 0.726. The largest absolute Gasteiger partial charge is 0.314 e. The van der Waals surface area contributed by atoms with Gasteiger partial charge in [0.1, 0.15) is 0 Å². The normalized spacial score (nSPS) is 14.4. The van der Waals surface area contributed by atoms with Crippen molar-refractivity contribution in [1.29, 1.82) is 0 Å². The molecule has 0 unspecified atom stereocenters. The monoisotopic (exact) mass is 225 g/mol. The molecule has 1 heterocycles. The average Bonchev–Trinajstić information content (AvgIpc) is 2.86. The topological polar surface area (TPSA) is 22.0 Å². The summed E-state index contributed by atoms with van der Waals surface area (Å²) in [5.41, 5.74) is 4.76. The van der Waals surface area contributed by atoms with Gasteiger partial charge in [-0.25, -0.2) is 0 Å². The highest BCUT2D eigenvalue weighted by atomic mass is 16.1. The number of rotatable bonds is 2. The third kappa shape index (κ3) is 1.70. The average molecular weight is 225 g/mol. The number of aldehydes is 1. The molecule has 17 heavy (non-hydrogen) atoms. The van der Waals surface area contributed by atoms with Crippen molar-refractivity contribution >= 4 is 6.29 Å². The second-order valence-electron chi connectivity index (χ2n) is 4.54. The van der Waals surface area contributed by atoms with Crippen LogP contribution in [0.4, 0.5) is 0 Å². The maximum Gasteiger partial charge on any atom is 0.166 e. The Bertz CT molecular complexity index is 554. The van der Waals surface area contributed by atoms with Crippen LogP contribution in [0.1, 0.15) is 34.5 Å². The first-order chi connectivity index (χ1) is 8.40. The standard InChI is InChI=1S/C15H15NO/c17-11-13-7-4-10-16(13)15-9-3-6-12-5-1-2-8-14(12)15/h3-4,6-7,9-11H,1-2,5,8H2. The molecule has 0 saturated heterocycles. The molecule has 3 rings (SSSR count). The number of hydrogen-bond acceptors (Lipinski definition) is 1. The van der Waals surface area contributed by atoms with Crippen molar-refractivity contribution in [2.75, 3.05) is 0 Å². The Hall–Kier alpha value is -1.83. The highest BCUT2D eigenvalue weighted by Gasteiger charge is 2.14. The number of nitrogens with zero attached hydrogens (tertiary/aromatic N) is 1. The molecule has 0 atom stereocenters. The van der Waals surface area contributed by atoms with Crippen molar-refractivity contribution in [3.63, 3.8) is 0 Å². The molecule has 1 aromatic heterocycles. The van der Waals surface area contributed by atoms with Crippen molar-refractivity contribution in [2.24, 2.45) is 0 Å². The van der Waals surface area contributed by atoms with Crippen LogP contribution in [0.25, 0.3) is 5.69 Å². The van der Waals surface area contributed by atoms with Crippen molar-refractivity contribution in [3.8, 4) is 5.69 Å². The van der Waals surface area contributed by atoms with Gasteiger partial charge in [-0.3, -0.25) is 4.79 Å². The summed E-state index contributed by atoms with van der Waals surface area (Å²) in [5.74, 6) is 0. The summed E-state index contributed by atoms with van der Waals surface area (Å²) in [5, 5.41) is 0. The van der Waals surface area contributed by atoms with Crippen LogP contribution in [0.15, 0.2) is 36.5 Å². The lowest BCUT2D eigenvalue weighted by molar-refractivity contribution is 0.111. The Morgan fingerprint density at radius 2 is 1.94 bits per heavy atom. The van der Waals surface area contributed by atoms with E-state index in [0.717, 1.165) is 18.4 Å². The van der Waals surface area contributed by atoms with Gasteiger partial charge in [0, 0.05) is 11.9 Å². The number of carbonyl (C=O) groups excluding carboxylic acids is 1. The SMILES string of the molecule is O=Cc1cccn1-c1cccc2c1CCCC2. The van der Waals surface area contributed by atoms with E-state index in [0.29, 0.717) is 0 Å². The van der Waals surface area contributed by atoms with Gasteiger partial charge in [-0.1, -0.05) is 12.1 Å². The number of aromatic nitrogens is 1. The van der Waals surface area contributed by atoms with Crippen molar-refractivity contribution < 1.29 is 4.79 Å². The van der Waals surface area contributed by atoms with Crippen LogP contribution < -0.4 is 0 Å². The number of carbonyl (C=O) groups is 1. The smallest absolute Gasteiger partial charge is 0.166 e. The van der Waals surface area contributed by atoms with E-state index >= 15 is 0 Å². The molecule has 1 aliphatic rings. The van der Waals surface area contributed by atoms with Gasteiger partial charge < -0.3 is 4.57 Å². The summed E-state index contributed by atoms with van der Waals surface area (Å²) in [6, 6.07) is 10.2. The fourth-order valence-electron chi connectivity index (χ4n) is 2.70. The summed E-state index contributed by atoms with van der Waals surface area (Å²) in [6.07, 6.45) is 7.71. The molecular weight excluding hydrogens is 210 g/mol. The Morgan fingerprint density at radius 1 is 1.06 bits per heavy atom. The van der Waals surface area contributed by atoms with Gasteiger partial charge in [-0.05, 0) is 55.0 Å². The molecule has 0 aliphatic heterocycles. The molecule has 0 fully saturated rings. The maximum absolute atomic E-state index is 11.0. The fraction of sp³-hybridized carbons (Fsp3) is 0.267. The van der Waals surface area contributed by atoms with E-state index in [1.165, 1.54) is 36.1 Å². The highest BCUT2D eigenvalue weighted by Crippen LogP contribution is 2.27. The molecule has 2 heteroatoms. The third-order valence-electron chi connectivity index (χ3n) is 3.53. The molecule has 0 saturated carbocycles. The Morgan fingerprint density at radius 3 is 2.82 bits per heavy atom. The van der Waals surface area contributed by atoms with Gasteiger partial charge in [-0.15, -0.1) is 0 Å².